The zero-order valence-corrected chi connectivity index (χ0v) is 6.79. The second-order valence-corrected chi connectivity index (χ2v) is 2.23. The molecule has 0 bridgehead atoms. The summed E-state index contributed by atoms with van der Waals surface area (Å²) in [6.45, 7) is 0. The van der Waals surface area contributed by atoms with Gasteiger partial charge in [-0.2, -0.15) is 4.40 Å². The Kier molecular flexibility index (Phi) is 2.44. The molecule has 0 fully saturated rings. The molecule has 1 nitrogen and oxygen atoms in total. The molecule has 2 rings (SSSR count). The standard InChI is InChI=1S/C9H8N.ClH/c1-3-7-10-8-4-2-6-9(10)5-1;/h1-8H;1H/q+1;. The predicted molar refractivity (Wildman–Crippen MR) is 46.9 cm³/mol. The van der Waals surface area contributed by atoms with Crippen molar-refractivity contribution in [3.8, 4) is 0 Å². The number of aromatic nitrogens is 1. The van der Waals surface area contributed by atoms with E-state index in [0.29, 0.717) is 0 Å². The molecule has 0 N–H and O–H groups in total. The van der Waals surface area contributed by atoms with E-state index in [1.807, 2.05) is 36.7 Å². The van der Waals surface area contributed by atoms with Crippen LogP contribution in [0, 0.1) is 0 Å². The molecule has 2 aromatic rings. The summed E-state index contributed by atoms with van der Waals surface area (Å²) in [5.74, 6) is 0. The summed E-state index contributed by atoms with van der Waals surface area (Å²) in [4.78, 5) is 0. The fourth-order valence-electron chi connectivity index (χ4n) is 1.04. The highest BCUT2D eigenvalue weighted by atomic mass is 35.5. The quantitative estimate of drug-likeness (QED) is 0.526. The van der Waals surface area contributed by atoms with Gasteiger partial charge in [0, 0.05) is 24.3 Å². The van der Waals surface area contributed by atoms with E-state index in [4.69, 9.17) is 0 Å². The summed E-state index contributed by atoms with van der Waals surface area (Å²) in [5, 5.41) is 0. The number of pyridine rings is 2. The average Bonchev–Trinajstić information content (AvgIpc) is 2.05. The van der Waals surface area contributed by atoms with Gasteiger partial charge in [0.05, 0.1) is 0 Å². The van der Waals surface area contributed by atoms with Crippen LogP contribution in [0.1, 0.15) is 0 Å². The SMILES string of the molecule is Cl.c1cc[n+]2ccccc2c1. The van der Waals surface area contributed by atoms with E-state index >= 15 is 0 Å². The lowest BCUT2D eigenvalue weighted by Gasteiger charge is -1.85. The molecule has 2 heterocycles. The van der Waals surface area contributed by atoms with Crippen molar-refractivity contribution in [3.05, 3.63) is 48.8 Å². The summed E-state index contributed by atoms with van der Waals surface area (Å²) in [7, 11) is 0. The van der Waals surface area contributed by atoms with Gasteiger partial charge in [-0.3, -0.25) is 0 Å². The van der Waals surface area contributed by atoms with Crippen LogP contribution in [-0.4, -0.2) is 0 Å². The summed E-state index contributed by atoms with van der Waals surface area (Å²) in [6.07, 6.45) is 4.07. The molecule has 2 aromatic heterocycles. The third kappa shape index (κ3) is 1.49. The molecule has 0 spiro atoms. The molecule has 0 unspecified atom stereocenters. The summed E-state index contributed by atoms with van der Waals surface area (Å²) in [6, 6.07) is 12.3. The van der Waals surface area contributed by atoms with Crippen molar-refractivity contribution < 1.29 is 4.40 Å². The minimum absolute atomic E-state index is 0. The first kappa shape index (κ1) is 8.02. The van der Waals surface area contributed by atoms with Gasteiger partial charge in [0.25, 0.3) is 0 Å². The number of hydrogen-bond acceptors (Lipinski definition) is 0. The maximum Gasteiger partial charge on any atom is 0.210 e. The third-order valence-corrected chi connectivity index (χ3v) is 1.55. The van der Waals surface area contributed by atoms with Crippen LogP contribution >= 0.6 is 12.4 Å². The summed E-state index contributed by atoms with van der Waals surface area (Å²) >= 11 is 0. The van der Waals surface area contributed by atoms with Crippen molar-refractivity contribution in [2.24, 2.45) is 0 Å². The van der Waals surface area contributed by atoms with Crippen LogP contribution in [0.4, 0.5) is 0 Å². The highest BCUT2D eigenvalue weighted by molar-refractivity contribution is 5.85. The van der Waals surface area contributed by atoms with Crippen LogP contribution in [0.15, 0.2) is 48.8 Å². The number of halogens is 1. The zero-order chi connectivity index (χ0) is 6.81. The van der Waals surface area contributed by atoms with E-state index in [1.165, 1.54) is 5.52 Å². The van der Waals surface area contributed by atoms with E-state index in [9.17, 15) is 0 Å². The predicted octanol–water partition coefficient (Wildman–Crippen LogP) is 1.85. The highest BCUT2D eigenvalue weighted by Crippen LogP contribution is 1.92. The molecule has 2 heteroatoms. The molecule has 0 amide bonds. The molecular weight excluding hydrogens is 158 g/mol. The molecule has 0 saturated carbocycles. The van der Waals surface area contributed by atoms with Crippen molar-refractivity contribution in [3.63, 3.8) is 0 Å². The normalized spacial score (nSPS) is 9.09. The Balaban J connectivity index is 0.000000605. The minimum Gasteiger partial charge on any atom is -0.167 e. The van der Waals surface area contributed by atoms with Gasteiger partial charge in [0.15, 0.2) is 12.4 Å². The van der Waals surface area contributed by atoms with Gasteiger partial charge in [0.2, 0.25) is 5.52 Å². The van der Waals surface area contributed by atoms with Gasteiger partial charge in [-0.1, -0.05) is 0 Å². The third-order valence-electron chi connectivity index (χ3n) is 1.55. The molecule has 11 heavy (non-hydrogen) atoms. The zero-order valence-electron chi connectivity index (χ0n) is 5.97. The highest BCUT2D eigenvalue weighted by Gasteiger charge is 1.93. The molecule has 0 aliphatic rings. The monoisotopic (exact) mass is 166 g/mol. The second kappa shape index (κ2) is 3.35. The Labute approximate surface area is 71.7 Å². The molecule has 0 saturated heterocycles. The number of fused-ring (bicyclic) bond motifs is 1. The van der Waals surface area contributed by atoms with Gasteiger partial charge in [-0.25, -0.2) is 0 Å². The number of nitrogens with zero attached hydrogens (tertiary/aromatic N) is 1. The fraction of sp³-hybridized carbons (Fsp3) is 0. The Morgan fingerprint density at radius 3 is 1.82 bits per heavy atom. The molecular formula is C9H9ClN+. The van der Waals surface area contributed by atoms with Crippen molar-refractivity contribution >= 4 is 17.9 Å². The summed E-state index contributed by atoms with van der Waals surface area (Å²) in [5.41, 5.74) is 1.23. The Morgan fingerprint density at radius 1 is 0.818 bits per heavy atom. The lowest BCUT2D eigenvalue weighted by molar-refractivity contribution is -0.511. The smallest absolute Gasteiger partial charge is 0.167 e. The van der Waals surface area contributed by atoms with Crippen molar-refractivity contribution in [2.45, 2.75) is 0 Å². The first-order valence-corrected chi connectivity index (χ1v) is 3.32. The average molecular weight is 167 g/mol. The van der Waals surface area contributed by atoms with Gasteiger partial charge < -0.3 is 0 Å². The van der Waals surface area contributed by atoms with E-state index < -0.39 is 0 Å². The Morgan fingerprint density at radius 2 is 1.36 bits per heavy atom. The molecule has 0 atom stereocenters. The van der Waals surface area contributed by atoms with Gasteiger partial charge >= 0.3 is 0 Å². The maximum atomic E-state index is 2.08. The van der Waals surface area contributed by atoms with Crippen molar-refractivity contribution in [1.29, 1.82) is 0 Å². The van der Waals surface area contributed by atoms with Crippen LogP contribution < -0.4 is 4.40 Å². The minimum atomic E-state index is 0. The number of hydrogen-bond donors (Lipinski definition) is 0. The molecule has 0 aromatic carbocycles. The van der Waals surface area contributed by atoms with Crippen LogP contribution in [0.25, 0.3) is 5.52 Å². The van der Waals surface area contributed by atoms with Crippen molar-refractivity contribution in [2.75, 3.05) is 0 Å². The van der Waals surface area contributed by atoms with Crippen molar-refractivity contribution in [1.82, 2.24) is 0 Å². The number of rotatable bonds is 0. The lowest BCUT2D eigenvalue weighted by Crippen LogP contribution is -2.18. The Hall–Kier alpha value is -1.08. The topological polar surface area (TPSA) is 4.10 Å². The Bertz CT molecular complexity index is 281. The largest absolute Gasteiger partial charge is 0.210 e. The first-order chi connectivity index (χ1) is 4.97. The van der Waals surface area contributed by atoms with Crippen LogP contribution in [0.3, 0.4) is 0 Å². The van der Waals surface area contributed by atoms with Gasteiger partial charge in [0.1, 0.15) is 0 Å². The second-order valence-electron chi connectivity index (χ2n) is 2.23. The molecule has 0 radical (unpaired) electrons. The molecule has 0 aliphatic heterocycles. The van der Waals surface area contributed by atoms with E-state index in [2.05, 4.69) is 16.5 Å². The van der Waals surface area contributed by atoms with Crippen LogP contribution in [0.2, 0.25) is 0 Å². The van der Waals surface area contributed by atoms with E-state index in [-0.39, 0.29) is 12.4 Å². The van der Waals surface area contributed by atoms with Crippen LogP contribution in [-0.2, 0) is 0 Å². The fourth-order valence-corrected chi connectivity index (χ4v) is 1.04. The first-order valence-electron chi connectivity index (χ1n) is 3.32. The molecule has 56 valence electrons. The van der Waals surface area contributed by atoms with Gasteiger partial charge in [-0.05, 0) is 12.1 Å². The summed E-state index contributed by atoms with van der Waals surface area (Å²) < 4.78 is 2.08. The van der Waals surface area contributed by atoms with E-state index in [0.717, 1.165) is 0 Å². The van der Waals surface area contributed by atoms with Gasteiger partial charge in [-0.15, -0.1) is 12.4 Å². The maximum absolute atomic E-state index is 2.08. The molecule has 0 aliphatic carbocycles. The van der Waals surface area contributed by atoms with Crippen LogP contribution in [0.5, 0.6) is 0 Å². The van der Waals surface area contributed by atoms with E-state index in [1.54, 1.807) is 0 Å². The lowest BCUT2D eigenvalue weighted by atomic mass is 10.3.